The van der Waals surface area contributed by atoms with Crippen LogP contribution in [-0.2, 0) is 9.53 Å². The normalized spacial score (nSPS) is 23.5. The Morgan fingerprint density at radius 1 is 1.80 bits per heavy atom. The maximum atomic E-state index is 12.8. The van der Waals surface area contributed by atoms with Crippen molar-refractivity contribution in [3.63, 3.8) is 0 Å². The van der Waals surface area contributed by atoms with Crippen molar-refractivity contribution in [2.75, 3.05) is 7.11 Å². The molecule has 0 aromatic rings. The smallest absolute Gasteiger partial charge is 0.338 e. The lowest BCUT2D eigenvalue weighted by atomic mass is 10.2. The minimum absolute atomic E-state index is 0.253. The van der Waals surface area contributed by atoms with Gasteiger partial charge in [0, 0.05) is 0 Å². The van der Waals surface area contributed by atoms with E-state index in [4.69, 9.17) is 5.11 Å². The lowest BCUT2D eigenvalue weighted by molar-refractivity contribution is -0.155. The molecule has 1 aliphatic rings. The van der Waals surface area contributed by atoms with Gasteiger partial charge in [0.05, 0.1) is 7.11 Å². The Balaban J connectivity index is 2.48. The number of alkyl halides is 1. The summed E-state index contributed by atoms with van der Waals surface area (Å²) in [6.45, 7) is 0. The molecular weight excluding hydrogens is 139 g/mol. The molecule has 0 heterocycles. The second-order valence-corrected chi connectivity index (χ2v) is 2.46. The first-order chi connectivity index (χ1) is 4.60. The predicted octanol–water partition coefficient (Wildman–Crippen LogP) is 0.0224. The first-order valence-electron chi connectivity index (χ1n) is 3.05. The van der Waals surface area contributed by atoms with E-state index in [9.17, 15) is 9.18 Å². The summed E-state index contributed by atoms with van der Waals surface area (Å²) in [7, 11) is 1.12. The van der Waals surface area contributed by atoms with Crippen LogP contribution in [0.15, 0.2) is 0 Å². The lowest BCUT2D eigenvalue weighted by Crippen LogP contribution is -2.33. The number of ether oxygens (including phenoxy) is 1. The first kappa shape index (κ1) is 7.47. The molecule has 1 rings (SSSR count). The van der Waals surface area contributed by atoms with Crippen LogP contribution in [0.3, 0.4) is 0 Å². The molecule has 58 valence electrons. The van der Waals surface area contributed by atoms with E-state index in [-0.39, 0.29) is 12.8 Å². The van der Waals surface area contributed by atoms with Crippen molar-refractivity contribution in [1.82, 2.24) is 0 Å². The number of hydrogen-bond donors (Lipinski definition) is 1. The molecule has 0 saturated heterocycles. The first-order valence-corrected chi connectivity index (χ1v) is 3.05. The Morgan fingerprint density at radius 2 is 2.30 bits per heavy atom. The molecule has 0 amide bonds. The number of aliphatic hydroxyl groups is 1. The number of rotatable bonds is 2. The van der Waals surface area contributed by atoms with Gasteiger partial charge in [-0.15, -0.1) is 0 Å². The summed E-state index contributed by atoms with van der Waals surface area (Å²) >= 11 is 0. The average Bonchev–Trinajstić information content (AvgIpc) is 2.66. The van der Waals surface area contributed by atoms with E-state index in [1.807, 2.05) is 0 Å². The molecule has 1 fully saturated rings. The Bertz CT molecular complexity index is 153. The number of hydrogen-bond acceptors (Lipinski definition) is 3. The second kappa shape index (κ2) is 2.20. The number of halogens is 1. The Labute approximate surface area is 57.8 Å². The fourth-order valence-electron chi connectivity index (χ4n) is 0.716. The minimum Gasteiger partial charge on any atom is -0.467 e. The molecule has 0 bridgehead atoms. The highest BCUT2D eigenvalue weighted by atomic mass is 19.1. The Hall–Kier alpha value is -0.640. The van der Waals surface area contributed by atoms with Gasteiger partial charge in [0.15, 0.2) is 6.10 Å². The van der Waals surface area contributed by atoms with Crippen LogP contribution in [0.4, 0.5) is 4.39 Å². The van der Waals surface area contributed by atoms with Gasteiger partial charge in [0.25, 0.3) is 0 Å². The summed E-state index contributed by atoms with van der Waals surface area (Å²) in [4.78, 5) is 10.5. The topological polar surface area (TPSA) is 46.5 Å². The van der Waals surface area contributed by atoms with Gasteiger partial charge in [-0.25, -0.2) is 9.18 Å². The van der Waals surface area contributed by atoms with Gasteiger partial charge in [-0.05, 0) is 12.8 Å². The summed E-state index contributed by atoms with van der Waals surface area (Å²) in [5.74, 6) is -0.889. The summed E-state index contributed by atoms with van der Waals surface area (Å²) in [6, 6.07) is 0. The van der Waals surface area contributed by atoms with Gasteiger partial charge in [-0.2, -0.15) is 0 Å². The number of aliphatic hydroxyl groups excluding tert-OH is 1. The fraction of sp³-hybridized carbons (Fsp3) is 0.833. The van der Waals surface area contributed by atoms with Crippen LogP contribution in [0.5, 0.6) is 0 Å². The molecule has 0 radical (unpaired) electrons. The Kier molecular flexibility index (Phi) is 1.64. The molecule has 3 nitrogen and oxygen atoms in total. The van der Waals surface area contributed by atoms with Gasteiger partial charge >= 0.3 is 5.97 Å². The largest absolute Gasteiger partial charge is 0.467 e. The van der Waals surface area contributed by atoms with Crippen LogP contribution in [-0.4, -0.2) is 30.0 Å². The molecule has 1 atom stereocenters. The zero-order valence-electron chi connectivity index (χ0n) is 5.63. The molecule has 0 aliphatic heterocycles. The fourth-order valence-corrected chi connectivity index (χ4v) is 0.716. The third-order valence-corrected chi connectivity index (χ3v) is 1.64. The van der Waals surface area contributed by atoms with Crippen LogP contribution >= 0.6 is 0 Å². The monoisotopic (exact) mass is 148 g/mol. The Morgan fingerprint density at radius 3 is 2.60 bits per heavy atom. The molecular formula is C6H9FO3. The molecule has 1 saturated carbocycles. The summed E-state index contributed by atoms with van der Waals surface area (Å²) < 4.78 is 16.9. The van der Waals surface area contributed by atoms with E-state index in [2.05, 4.69) is 4.74 Å². The van der Waals surface area contributed by atoms with E-state index >= 15 is 0 Å². The van der Waals surface area contributed by atoms with E-state index in [0.29, 0.717) is 0 Å². The molecule has 0 aromatic carbocycles. The van der Waals surface area contributed by atoms with Gasteiger partial charge < -0.3 is 9.84 Å². The van der Waals surface area contributed by atoms with E-state index in [1.165, 1.54) is 0 Å². The van der Waals surface area contributed by atoms with Crippen LogP contribution in [0, 0.1) is 0 Å². The molecule has 4 heteroatoms. The standard InChI is InChI=1S/C6H9FO3/c1-10-5(9)4(8)6(7)2-3-6/h4,8H,2-3H2,1H3. The number of carbonyl (C=O) groups excluding carboxylic acids is 1. The second-order valence-electron chi connectivity index (χ2n) is 2.46. The van der Waals surface area contributed by atoms with Gasteiger partial charge in [0.2, 0.25) is 0 Å². The van der Waals surface area contributed by atoms with E-state index < -0.39 is 17.7 Å². The van der Waals surface area contributed by atoms with Crippen molar-refractivity contribution in [3.8, 4) is 0 Å². The number of carbonyl (C=O) groups is 1. The summed E-state index contributed by atoms with van der Waals surface area (Å²) in [6.07, 6.45) is -1.08. The molecule has 10 heavy (non-hydrogen) atoms. The highest BCUT2D eigenvalue weighted by Crippen LogP contribution is 2.43. The number of esters is 1. The van der Waals surface area contributed by atoms with Gasteiger partial charge in [0.1, 0.15) is 5.67 Å². The van der Waals surface area contributed by atoms with Crippen molar-refractivity contribution in [1.29, 1.82) is 0 Å². The van der Waals surface area contributed by atoms with Crippen LogP contribution < -0.4 is 0 Å². The van der Waals surface area contributed by atoms with E-state index in [1.54, 1.807) is 0 Å². The average molecular weight is 148 g/mol. The third kappa shape index (κ3) is 1.11. The predicted molar refractivity (Wildman–Crippen MR) is 31.1 cm³/mol. The van der Waals surface area contributed by atoms with Crippen molar-refractivity contribution in [3.05, 3.63) is 0 Å². The third-order valence-electron chi connectivity index (χ3n) is 1.64. The molecule has 0 aromatic heterocycles. The van der Waals surface area contributed by atoms with Crippen LogP contribution in [0.25, 0.3) is 0 Å². The van der Waals surface area contributed by atoms with Gasteiger partial charge in [-0.3, -0.25) is 0 Å². The van der Waals surface area contributed by atoms with Crippen molar-refractivity contribution < 1.29 is 19.0 Å². The summed E-state index contributed by atoms with van der Waals surface area (Å²) in [5.41, 5.74) is -1.69. The molecule has 1 unspecified atom stereocenters. The van der Waals surface area contributed by atoms with Crippen molar-refractivity contribution in [2.45, 2.75) is 24.6 Å². The molecule has 1 N–H and O–H groups in total. The van der Waals surface area contributed by atoms with Crippen molar-refractivity contribution >= 4 is 5.97 Å². The maximum absolute atomic E-state index is 12.8. The van der Waals surface area contributed by atoms with Gasteiger partial charge in [-0.1, -0.05) is 0 Å². The zero-order valence-corrected chi connectivity index (χ0v) is 5.63. The summed E-state index contributed by atoms with van der Waals surface area (Å²) in [5, 5.41) is 8.87. The number of methoxy groups -OCH3 is 1. The maximum Gasteiger partial charge on any atom is 0.338 e. The SMILES string of the molecule is COC(=O)C(O)C1(F)CC1. The highest BCUT2D eigenvalue weighted by molar-refractivity contribution is 5.76. The quantitative estimate of drug-likeness (QED) is 0.561. The minimum atomic E-state index is -1.69. The molecule has 0 spiro atoms. The molecule has 1 aliphatic carbocycles. The van der Waals surface area contributed by atoms with E-state index in [0.717, 1.165) is 7.11 Å². The lowest BCUT2D eigenvalue weighted by Gasteiger charge is -2.10. The highest BCUT2D eigenvalue weighted by Gasteiger charge is 2.53. The van der Waals surface area contributed by atoms with Crippen molar-refractivity contribution in [2.24, 2.45) is 0 Å². The van der Waals surface area contributed by atoms with Crippen LogP contribution in [0.2, 0.25) is 0 Å². The van der Waals surface area contributed by atoms with Crippen LogP contribution in [0.1, 0.15) is 12.8 Å². The zero-order chi connectivity index (χ0) is 7.78.